The second-order valence-corrected chi connectivity index (χ2v) is 4.20. The van der Waals surface area contributed by atoms with E-state index in [1.54, 1.807) is 0 Å². The monoisotopic (exact) mass is 196 g/mol. The Morgan fingerprint density at radius 2 is 1.36 bits per heavy atom. The van der Waals surface area contributed by atoms with Crippen LogP contribution in [0.2, 0.25) is 0 Å². The summed E-state index contributed by atoms with van der Waals surface area (Å²) in [5.41, 5.74) is -0.582. The molecule has 0 N–H and O–H groups in total. The molecular formula is C12H20O2. The summed E-state index contributed by atoms with van der Waals surface area (Å²) in [5.74, 6) is 0.341. The highest BCUT2D eigenvalue weighted by Gasteiger charge is 2.43. The second-order valence-electron chi connectivity index (χ2n) is 4.20. The number of hydrogen-bond acceptors (Lipinski definition) is 2. The molecular weight excluding hydrogens is 176 g/mol. The molecule has 0 amide bonds. The van der Waals surface area contributed by atoms with E-state index < -0.39 is 5.41 Å². The molecule has 1 saturated carbocycles. The van der Waals surface area contributed by atoms with Crippen LogP contribution in [0.1, 0.15) is 58.8 Å². The Bertz CT molecular complexity index is 206. The van der Waals surface area contributed by atoms with Gasteiger partial charge in [0.1, 0.15) is 11.6 Å². The van der Waals surface area contributed by atoms with Crippen molar-refractivity contribution in [3.05, 3.63) is 0 Å². The largest absolute Gasteiger partial charge is 0.299 e. The maximum Gasteiger partial charge on any atom is 0.146 e. The van der Waals surface area contributed by atoms with Crippen molar-refractivity contribution in [1.82, 2.24) is 0 Å². The van der Waals surface area contributed by atoms with Crippen molar-refractivity contribution in [2.24, 2.45) is 5.41 Å². The summed E-state index contributed by atoms with van der Waals surface area (Å²) in [7, 11) is 0. The molecule has 14 heavy (non-hydrogen) atoms. The van der Waals surface area contributed by atoms with Crippen LogP contribution in [-0.2, 0) is 9.59 Å². The first-order valence-electron chi connectivity index (χ1n) is 5.74. The lowest BCUT2D eigenvalue weighted by molar-refractivity contribution is -0.142. The molecule has 80 valence electrons. The van der Waals surface area contributed by atoms with E-state index in [1.807, 2.05) is 13.8 Å². The van der Waals surface area contributed by atoms with Gasteiger partial charge in [0.2, 0.25) is 0 Å². The fraction of sp³-hybridized carbons (Fsp3) is 0.833. The van der Waals surface area contributed by atoms with Gasteiger partial charge in [-0.1, -0.05) is 33.1 Å². The Hall–Kier alpha value is -0.660. The molecule has 1 rings (SSSR count). The van der Waals surface area contributed by atoms with E-state index in [4.69, 9.17) is 0 Å². The van der Waals surface area contributed by atoms with Gasteiger partial charge in [-0.05, 0) is 12.8 Å². The van der Waals surface area contributed by atoms with E-state index in [9.17, 15) is 9.59 Å². The first kappa shape index (κ1) is 11.4. The van der Waals surface area contributed by atoms with Gasteiger partial charge in [-0.3, -0.25) is 9.59 Å². The number of ketones is 2. The van der Waals surface area contributed by atoms with E-state index in [2.05, 4.69) is 0 Å². The third kappa shape index (κ3) is 1.89. The van der Waals surface area contributed by atoms with Crippen LogP contribution in [-0.4, -0.2) is 11.6 Å². The van der Waals surface area contributed by atoms with E-state index >= 15 is 0 Å². The first-order valence-corrected chi connectivity index (χ1v) is 5.74. The summed E-state index contributed by atoms with van der Waals surface area (Å²) >= 11 is 0. The molecule has 0 bridgehead atoms. The minimum atomic E-state index is -0.582. The summed E-state index contributed by atoms with van der Waals surface area (Å²) in [4.78, 5) is 23.7. The van der Waals surface area contributed by atoms with Crippen molar-refractivity contribution in [2.45, 2.75) is 58.8 Å². The zero-order valence-electron chi connectivity index (χ0n) is 9.27. The van der Waals surface area contributed by atoms with Gasteiger partial charge in [0.05, 0.1) is 5.41 Å². The molecule has 0 radical (unpaired) electrons. The molecule has 0 aromatic carbocycles. The number of hydrogen-bond donors (Lipinski definition) is 0. The van der Waals surface area contributed by atoms with Gasteiger partial charge >= 0.3 is 0 Å². The van der Waals surface area contributed by atoms with Crippen molar-refractivity contribution < 1.29 is 9.59 Å². The van der Waals surface area contributed by atoms with Crippen LogP contribution in [0.5, 0.6) is 0 Å². The first-order chi connectivity index (χ1) is 6.67. The quantitative estimate of drug-likeness (QED) is 0.648. The molecule has 0 heterocycles. The molecule has 0 unspecified atom stereocenters. The summed E-state index contributed by atoms with van der Waals surface area (Å²) < 4.78 is 0. The van der Waals surface area contributed by atoms with E-state index in [0.717, 1.165) is 25.7 Å². The van der Waals surface area contributed by atoms with Crippen molar-refractivity contribution in [3.63, 3.8) is 0 Å². The zero-order valence-corrected chi connectivity index (χ0v) is 9.27. The molecule has 0 aromatic rings. The van der Waals surface area contributed by atoms with Crippen LogP contribution in [0.3, 0.4) is 0 Å². The zero-order chi connectivity index (χ0) is 10.6. The number of carbonyl (C=O) groups is 2. The summed E-state index contributed by atoms with van der Waals surface area (Å²) in [5, 5.41) is 0. The molecule has 0 saturated heterocycles. The van der Waals surface area contributed by atoms with Gasteiger partial charge in [-0.15, -0.1) is 0 Å². The lowest BCUT2D eigenvalue weighted by Gasteiger charge is -2.34. The van der Waals surface area contributed by atoms with Crippen LogP contribution < -0.4 is 0 Å². The molecule has 0 spiro atoms. The topological polar surface area (TPSA) is 34.1 Å². The Kier molecular flexibility index (Phi) is 3.85. The minimum Gasteiger partial charge on any atom is -0.299 e. The third-order valence-electron chi connectivity index (χ3n) is 3.42. The molecule has 2 heteroatoms. The standard InChI is InChI=1S/C12H20O2/c1-3-10(13)12(11(14)4-2)8-6-5-7-9-12/h3-9H2,1-2H3. The van der Waals surface area contributed by atoms with E-state index in [0.29, 0.717) is 12.8 Å². The SMILES string of the molecule is CCC(=O)C1(C(=O)CC)CCCCC1. The summed E-state index contributed by atoms with van der Waals surface area (Å²) in [6, 6.07) is 0. The molecule has 1 aliphatic carbocycles. The average Bonchev–Trinajstić information content (AvgIpc) is 2.27. The molecule has 0 atom stereocenters. The lowest BCUT2D eigenvalue weighted by atomic mass is 9.67. The Balaban J connectivity index is 2.87. The highest BCUT2D eigenvalue weighted by molar-refractivity contribution is 6.06. The number of rotatable bonds is 4. The number of Topliss-reactive ketones (excluding diaryl/α,β-unsaturated/α-hetero) is 2. The fourth-order valence-electron chi connectivity index (χ4n) is 2.55. The second kappa shape index (κ2) is 4.72. The summed E-state index contributed by atoms with van der Waals surface area (Å²) in [6.45, 7) is 3.73. The van der Waals surface area contributed by atoms with Crippen molar-refractivity contribution in [3.8, 4) is 0 Å². The van der Waals surface area contributed by atoms with Crippen LogP contribution in [0.4, 0.5) is 0 Å². The molecule has 2 nitrogen and oxygen atoms in total. The molecule has 1 aliphatic rings. The molecule has 0 aliphatic heterocycles. The Labute approximate surface area is 86.1 Å². The predicted octanol–water partition coefficient (Wildman–Crippen LogP) is 2.90. The van der Waals surface area contributed by atoms with Crippen LogP contribution in [0, 0.1) is 5.41 Å². The smallest absolute Gasteiger partial charge is 0.146 e. The Morgan fingerprint density at radius 3 is 1.71 bits per heavy atom. The van der Waals surface area contributed by atoms with Gasteiger partial charge in [-0.25, -0.2) is 0 Å². The third-order valence-corrected chi connectivity index (χ3v) is 3.42. The predicted molar refractivity (Wildman–Crippen MR) is 56.1 cm³/mol. The van der Waals surface area contributed by atoms with Gasteiger partial charge in [0, 0.05) is 12.8 Å². The maximum atomic E-state index is 11.9. The number of carbonyl (C=O) groups excluding carboxylic acids is 2. The van der Waals surface area contributed by atoms with Gasteiger partial charge in [0.15, 0.2) is 0 Å². The van der Waals surface area contributed by atoms with Gasteiger partial charge < -0.3 is 0 Å². The maximum absolute atomic E-state index is 11.9. The van der Waals surface area contributed by atoms with E-state index in [-0.39, 0.29) is 11.6 Å². The highest BCUT2D eigenvalue weighted by atomic mass is 16.2. The minimum absolute atomic E-state index is 0.170. The normalized spacial score (nSPS) is 20.4. The highest BCUT2D eigenvalue weighted by Crippen LogP contribution is 2.39. The van der Waals surface area contributed by atoms with E-state index in [1.165, 1.54) is 6.42 Å². The van der Waals surface area contributed by atoms with Crippen molar-refractivity contribution >= 4 is 11.6 Å². The fourth-order valence-corrected chi connectivity index (χ4v) is 2.55. The average molecular weight is 196 g/mol. The van der Waals surface area contributed by atoms with Crippen LogP contribution in [0.15, 0.2) is 0 Å². The van der Waals surface area contributed by atoms with Gasteiger partial charge in [-0.2, -0.15) is 0 Å². The van der Waals surface area contributed by atoms with Crippen molar-refractivity contribution in [2.75, 3.05) is 0 Å². The van der Waals surface area contributed by atoms with Crippen LogP contribution >= 0.6 is 0 Å². The van der Waals surface area contributed by atoms with Crippen molar-refractivity contribution in [1.29, 1.82) is 0 Å². The van der Waals surface area contributed by atoms with Gasteiger partial charge in [0.25, 0.3) is 0 Å². The molecule has 1 fully saturated rings. The Morgan fingerprint density at radius 1 is 0.929 bits per heavy atom. The molecule has 0 aromatic heterocycles. The lowest BCUT2D eigenvalue weighted by Crippen LogP contribution is -2.40. The van der Waals surface area contributed by atoms with Crippen LogP contribution in [0.25, 0.3) is 0 Å². The summed E-state index contributed by atoms with van der Waals surface area (Å²) in [6.07, 6.45) is 5.86.